The van der Waals surface area contributed by atoms with Gasteiger partial charge in [-0.25, -0.2) is 4.98 Å². The number of nitrogens with zero attached hydrogens (tertiary/aromatic N) is 2. The maximum absolute atomic E-state index is 13.6. The highest BCUT2D eigenvalue weighted by molar-refractivity contribution is 7.99. The molecule has 8 heteroatoms. The first-order valence-corrected chi connectivity index (χ1v) is 12.4. The molecular formula is C28H24N4O3S. The van der Waals surface area contributed by atoms with Crippen molar-refractivity contribution < 1.29 is 9.53 Å². The van der Waals surface area contributed by atoms with Crippen molar-refractivity contribution in [1.82, 2.24) is 14.5 Å². The van der Waals surface area contributed by atoms with Crippen LogP contribution in [0, 0.1) is 0 Å². The van der Waals surface area contributed by atoms with Gasteiger partial charge in [0.1, 0.15) is 16.8 Å². The van der Waals surface area contributed by atoms with E-state index >= 15 is 0 Å². The molecule has 180 valence electrons. The van der Waals surface area contributed by atoms with Gasteiger partial charge >= 0.3 is 0 Å². The van der Waals surface area contributed by atoms with Crippen LogP contribution in [-0.2, 0) is 11.3 Å². The first-order chi connectivity index (χ1) is 17.6. The Morgan fingerprint density at radius 1 is 1.00 bits per heavy atom. The van der Waals surface area contributed by atoms with E-state index in [1.165, 1.54) is 11.8 Å². The van der Waals surface area contributed by atoms with Crippen molar-refractivity contribution in [1.29, 1.82) is 0 Å². The summed E-state index contributed by atoms with van der Waals surface area (Å²) in [7, 11) is 1.56. The quantitative estimate of drug-likeness (QED) is 0.228. The third kappa shape index (κ3) is 4.89. The lowest BCUT2D eigenvalue weighted by atomic mass is 10.1. The molecule has 2 N–H and O–H groups in total. The second kappa shape index (κ2) is 10.5. The van der Waals surface area contributed by atoms with Gasteiger partial charge in [-0.05, 0) is 23.3 Å². The Kier molecular flexibility index (Phi) is 6.86. The molecule has 0 saturated heterocycles. The molecule has 0 aliphatic rings. The van der Waals surface area contributed by atoms with Crippen LogP contribution >= 0.6 is 11.8 Å². The fraction of sp³-hybridized carbons (Fsp3) is 0.107. The van der Waals surface area contributed by atoms with Crippen LogP contribution in [0.2, 0.25) is 0 Å². The minimum atomic E-state index is -0.220. The number of benzene rings is 3. The van der Waals surface area contributed by atoms with Crippen molar-refractivity contribution in [3.05, 3.63) is 107 Å². The van der Waals surface area contributed by atoms with Crippen LogP contribution in [0.4, 0.5) is 5.69 Å². The number of para-hydroxylation sites is 2. The van der Waals surface area contributed by atoms with Gasteiger partial charge in [0.2, 0.25) is 5.91 Å². The van der Waals surface area contributed by atoms with Gasteiger partial charge in [-0.15, -0.1) is 0 Å². The second-order valence-corrected chi connectivity index (χ2v) is 9.04. The van der Waals surface area contributed by atoms with E-state index in [0.717, 1.165) is 16.7 Å². The maximum Gasteiger partial charge on any atom is 0.278 e. The topological polar surface area (TPSA) is 89.0 Å². The average Bonchev–Trinajstić information content (AvgIpc) is 3.35. The van der Waals surface area contributed by atoms with Crippen LogP contribution in [0.1, 0.15) is 5.56 Å². The molecule has 7 nitrogen and oxygen atoms in total. The van der Waals surface area contributed by atoms with Gasteiger partial charge in [0.05, 0.1) is 25.1 Å². The van der Waals surface area contributed by atoms with Crippen LogP contribution < -0.4 is 15.6 Å². The number of carbonyl (C=O) groups is 1. The molecule has 0 saturated carbocycles. The van der Waals surface area contributed by atoms with Crippen LogP contribution in [0.15, 0.2) is 101 Å². The Bertz CT molecular complexity index is 1560. The summed E-state index contributed by atoms with van der Waals surface area (Å²) in [5.41, 5.74) is 4.20. The molecular weight excluding hydrogens is 472 g/mol. The third-order valence-electron chi connectivity index (χ3n) is 5.73. The molecule has 2 heterocycles. The third-order valence-corrected chi connectivity index (χ3v) is 6.71. The van der Waals surface area contributed by atoms with Crippen LogP contribution in [0.3, 0.4) is 0 Å². The summed E-state index contributed by atoms with van der Waals surface area (Å²) in [5, 5.41) is 3.35. The number of methoxy groups -OCH3 is 1. The first-order valence-electron chi connectivity index (χ1n) is 11.4. The number of hydrogen-bond acceptors (Lipinski definition) is 5. The Morgan fingerprint density at radius 3 is 2.44 bits per heavy atom. The number of fused-ring (bicyclic) bond motifs is 1. The molecule has 2 aromatic heterocycles. The predicted octanol–water partition coefficient (Wildman–Crippen LogP) is 5.18. The molecule has 1 amide bonds. The highest BCUT2D eigenvalue weighted by Crippen LogP contribution is 2.28. The fourth-order valence-corrected chi connectivity index (χ4v) is 4.78. The molecule has 0 radical (unpaired) electrons. The highest BCUT2D eigenvalue weighted by atomic mass is 32.2. The van der Waals surface area contributed by atoms with Gasteiger partial charge in [-0.2, -0.15) is 0 Å². The summed E-state index contributed by atoms with van der Waals surface area (Å²) < 4.78 is 6.94. The fourth-order valence-electron chi connectivity index (χ4n) is 3.99. The lowest BCUT2D eigenvalue weighted by Gasteiger charge is -2.13. The van der Waals surface area contributed by atoms with Gasteiger partial charge in [0, 0.05) is 11.8 Å². The number of nitrogens with one attached hydrogen (secondary N) is 2. The Hall–Kier alpha value is -4.30. The summed E-state index contributed by atoms with van der Waals surface area (Å²) in [6, 6.07) is 26.8. The van der Waals surface area contributed by atoms with E-state index in [1.54, 1.807) is 23.8 Å². The molecule has 0 fully saturated rings. The van der Waals surface area contributed by atoms with E-state index in [-0.39, 0.29) is 17.2 Å². The van der Waals surface area contributed by atoms with E-state index in [0.29, 0.717) is 34.2 Å². The zero-order valence-electron chi connectivity index (χ0n) is 19.6. The Balaban J connectivity index is 1.50. The zero-order chi connectivity index (χ0) is 24.9. The van der Waals surface area contributed by atoms with E-state index in [2.05, 4.69) is 10.3 Å². The van der Waals surface area contributed by atoms with Crippen molar-refractivity contribution in [3.8, 4) is 16.9 Å². The molecule has 0 spiro atoms. The van der Waals surface area contributed by atoms with Crippen molar-refractivity contribution in [2.24, 2.45) is 0 Å². The van der Waals surface area contributed by atoms with Crippen molar-refractivity contribution >= 4 is 34.4 Å². The molecule has 0 atom stereocenters. The van der Waals surface area contributed by atoms with Gasteiger partial charge in [0.15, 0.2) is 5.16 Å². The number of rotatable bonds is 8. The number of ether oxygens (including phenoxy) is 1. The summed E-state index contributed by atoms with van der Waals surface area (Å²) >= 11 is 1.23. The number of amides is 1. The van der Waals surface area contributed by atoms with E-state index in [9.17, 15) is 9.59 Å². The van der Waals surface area contributed by atoms with E-state index in [4.69, 9.17) is 9.72 Å². The minimum Gasteiger partial charge on any atom is -0.495 e. The molecule has 0 aliphatic carbocycles. The van der Waals surface area contributed by atoms with E-state index < -0.39 is 0 Å². The zero-order valence-corrected chi connectivity index (χ0v) is 20.4. The average molecular weight is 497 g/mol. The number of carbonyl (C=O) groups excluding carboxylic acids is 1. The Labute approximate surface area is 212 Å². The number of hydrogen-bond donors (Lipinski definition) is 2. The normalized spacial score (nSPS) is 10.9. The lowest BCUT2D eigenvalue weighted by molar-refractivity contribution is -0.113. The monoisotopic (exact) mass is 496 g/mol. The van der Waals surface area contributed by atoms with Crippen molar-refractivity contribution in [2.45, 2.75) is 11.7 Å². The largest absolute Gasteiger partial charge is 0.495 e. The molecule has 5 aromatic rings. The van der Waals surface area contributed by atoms with Gasteiger partial charge in [-0.3, -0.25) is 14.2 Å². The second-order valence-electron chi connectivity index (χ2n) is 8.10. The van der Waals surface area contributed by atoms with Gasteiger partial charge in [-0.1, -0.05) is 84.6 Å². The predicted molar refractivity (Wildman–Crippen MR) is 144 cm³/mol. The molecule has 5 rings (SSSR count). The van der Waals surface area contributed by atoms with Crippen LogP contribution in [0.25, 0.3) is 22.2 Å². The molecule has 36 heavy (non-hydrogen) atoms. The van der Waals surface area contributed by atoms with Crippen molar-refractivity contribution in [3.63, 3.8) is 0 Å². The number of H-pyrrole nitrogens is 1. The lowest BCUT2D eigenvalue weighted by Crippen LogP contribution is -2.25. The minimum absolute atomic E-state index is 0.0792. The molecule has 3 aromatic carbocycles. The maximum atomic E-state index is 13.6. The number of aromatic nitrogens is 3. The molecule has 0 unspecified atom stereocenters. The summed E-state index contributed by atoms with van der Waals surface area (Å²) in [6.07, 6.45) is 1.81. The standard InChI is InChI=1S/C28H24N4O3S/c1-35-23-15-9-8-14-22(23)30-24(33)18-36-28-31-25-21(20-12-6-3-7-13-20)16-29-26(25)27(34)32(28)17-19-10-4-2-5-11-19/h2-16,29H,17-18H2,1H3,(H,30,33). The number of thioether (sulfide) groups is 1. The summed E-state index contributed by atoms with van der Waals surface area (Å²) in [6.45, 7) is 0.346. The number of anilines is 1. The SMILES string of the molecule is COc1ccccc1NC(=O)CSc1nc2c(-c3ccccc3)c[nH]c2c(=O)n1Cc1ccccc1. The summed E-state index contributed by atoms with van der Waals surface area (Å²) in [4.78, 5) is 34.4. The molecule has 0 bridgehead atoms. The highest BCUT2D eigenvalue weighted by Gasteiger charge is 2.18. The van der Waals surface area contributed by atoms with Gasteiger partial charge < -0.3 is 15.0 Å². The Morgan fingerprint density at radius 2 is 1.69 bits per heavy atom. The van der Waals surface area contributed by atoms with Crippen molar-refractivity contribution in [2.75, 3.05) is 18.2 Å². The molecule has 0 aliphatic heterocycles. The first kappa shape index (κ1) is 23.4. The van der Waals surface area contributed by atoms with E-state index in [1.807, 2.05) is 79.0 Å². The number of aromatic amines is 1. The van der Waals surface area contributed by atoms with Crippen LogP contribution in [0.5, 0.6) is 5.75 Å². The van der Waals surface area contributed by atoms with Gasteiger partial charge in [0.25, 0.3) is 5.56 Å². The summed E-state index contributed by atoms with van der Waals surface area (Å²) in [5.74, 6) is 0.439. The van der Waals surface area contributed by atoms with Crippen LogP contribution in [-0.4, -0.2) is 33.3 Å². The smallest absolute Gasteiger partial charge is 0.278 e.